The lowest BCUT2D eigenvalue weighted by atomic mass is 9.71. The van der Waals surface area contributed by atoms with Gasteiger partial charge in [0.15, 0.2) is 5.78 Å². The summed E-state index contributed by atoms with van der Waals surface area (Å²) in [5.74, 6) is 0.601. The van der Waals surface area contributed by atoms with Gasteiger partial charge in [-0.1, -0.05) is 20.8 Å². The van der Waals surface area contributed by atoms with Gasteiger partial charge >= 0.3 is 0 Å². The van der Waals surface area contributed by atoms with Crippen LogP contribution in [0.15, 0.2) is 16.3 Å². The Bertz CT molecular complexity index is 294. The van der Waals surface area contributed by atoms with Gasteiger partial charge in [0.05, 0.1) is 0 Å². The first-order chi connectivity index (χ1) is 6.36. The summed E-state index contributed by atoms with van der Waals surface area (Å²) >= 11 is 0. The lowest BCUT2D eigenvalue weighted by molar-refractivity contribution is -0.118. The fourth-order valence-corrected chi connectivity index (χ4v) is 1.93. The molecule has 1 unspecified atom stereocenters. The fourth-order valence-electron chi connectivity index (χ4n) is 1.93. The molecule has 2 heteroatoms. The third kappa shape index (κ3) is 2.11. The molecule has 2 nitrogen and oxygen atoms in total. The van der Waals surface area contributed by atoms with E-state index in [4.69, 9.17) is 0 Å². The molecule has 0 aliphatic heterocycles. The van der Waals surface area contributed by atoms with Crippen LogP contribution in [0.5, 0.6) is 0 Å². The van der Waals surface area contributed by atoms with Crippen LogP contribution < -0.4 is 0 Å². The largest absolute Gasteiger partial charge is 0.292 e. The molecule has 0 bridgehead atoms. The number of hydrogen-bond donors (Lipinski definition) is 0. The zero-order chi connectivity index (χ0) is 10.9. The van der Waals surface area contributed by atoms with Crippen LogP contribution >= 0.6 is 0 Å². The minimum atomic E-state index is 0.156. The first-order valence-electron chi connectivity index (χ1n) is 5.06. The molecular formula is C12H19NO. The van der Waals surface area contributed by atoms with Crippen LogP contribution in [0, 0.1) is 11.3 Å². The minimum absolute atomic E-state index is 0.156. The zero-order valence-electron chi connectivity index (χ0n) is 9.55. The third-order valence-electron chi connectivity index (χ3n) is 3.04. The van der Waals surface area contributed by atoms with Crippen molar-refractivity contribution in [2.45, 2.75) is 40.5 Å². The van der Waals surface area contributed by atoms with Gasteiger partial charge in [-0.2, -0.15) is 0 Å². The summed E-state index contributed by atoms with van der Waals surface area (Å²) in [5.41, 5.74) is 1.89. The molecule has 0 saturated heterocycles. The topological polar surface area (TPSA) is 29.4 Å². The van der Waals surface area contributed by atoms with Crippen molar-refractivity contribution in [3.8, 4) is 0 Å². The maximum Gasteiger partial charge on any atom is 0.181 e. The van der Waals surface area contributed by atoms with Crippen molar-refractivity contribution in [3.63, 3.8) is 0 Å². The minimum Gasteiger partial charge on any atom is -0.292 e. The Morgan fingerprint density at radius 3 is 2.29 bits per heavy atom. The second kappa shape index (κ2) is 3.68. The van der Waals surface area contributed by atoms with Gasteiger partial charge < -0.3 is 0 Å². The smallest absolute Gasteiger partial charge is 0.181 e. The van der Waals surface area contributed by atoms with Crippen molar-refractivity contribution >= 4 is 12.5 Å². The predicted molar refractivity (Wildman–Crippen MR) is 59.4 cm³/mol. The van der Waals surface area contributed by atoms with Crippen LogP contribution in [0.3, 0.4) is 0 Å². The molecule has 0 saturated carbocycles. The molecule has 14 heavy (non-hydrogen) atoms. The molecule has 0 aromatic rings. The van der Waals surface area contributed by atoms with Crippen molar-refractivity contribution in [2.75, 3.05) is 0 Å². The normalized spacial score (nSPS) is 24.0. The van der Waals surface area contributed by atoms with Crippen LogP contribution in [0.2, 0.25) is 0 Å². The van der Waals surface area contributed by atoms with E-state index in [0.29, 0.717) is 18.0 Å². The highest BCUT2D eigenvalue weighted by Gasteiger charge is 2.32. The summed E-state index contributed by atoms with van der Waals surface area (Å²) in [6.07, 6.45) is 1.60. The zero-order valence-corrected chi connectivity index (χ0v) is 9.55. The highest BCUT2D eigenvalue weighted by Crippen LogP contribution is 2.38. The molecule has 0 fully saturated rings. The first-order valence-corrected chi connectivity index (χ1v) is 5.06. The Morgan fingerprint density at radius 1 is 1.36 bits per heavy atom. The van der Waals surface area contributed by atoms with Crippen LogP contribution in [-0.2, 0) is 4.79 Å². The van der Waals surface area contributed by atoms with E-state index in [1.54, 1.807) is 0 Å². The molecule has 78 valence electrons. The highest BCUT2D eigenvalue weighted by atomic mass is 16.1. The monoisotopic (exact) mass is 193 g/mol. The summed E-state index contributed by atoms with van der Waals surface area (Å²) in [4.78, 5) is 15.5. The number of carbonyl (C=O) groups excluding carboxylic acids is 1. The summed E-state index contributed by atoms with van der Waals surface area (Å²) in [7, 11) is 0. The van der Waals surface area contributed by atoms with E-state index in [2.05, 4.69) is 32.5 Å². The number of carbonyl (C=O) groups is 1. The number of hydrogen-bond acceptors (Lipinski definition) is 2. The Balaban J connectivity index is 2.94. The van der Waals surface area contributed by atoms with Crippen LogP contribution in [0.1, 0.15) is 40.5 Å². The van der Waals surface area contributed by atoms with Crippen LogP contribution in [-0.4, -0.2) is 12.5 Å². The Hall–Kier alpha value is -0.920. The fraction of sp³-hybridized carbons (Fsp3) is 0.667. The lowest BCUT2D eigenvalue weighted by Crippen LogP contribution is -2.28. The number of aliphatic imine (C=N–C) groups is 1. The van der Waals surface area contributed by atoms with Gasteiger partial charge in [-0.15, -0.1) is 0 Å². The summed E-state index contributed by atoms with van der Waals surface area (Å²) in [5, 5.41) is 0. The predicted octanol–water partition coefficient (Wildman–Crippen LogP) is 2.99. The molecule has 0 amide bonds. The van der Waals surface area contributed by atoms with E-state index in [9.17, 15) is 4.79 Å². The number of nitrogens with zero attached hydrogens (tertiary/aromatic N) is 1. The summed E-state index contributed by atoms with van der Waals surface area (Å²) < 4.78 is 0. The van der Waals surface area contributed by atoms with E-state index < -0.39 is 0 Å². The second-order valence-electron chi connectivity index (χ2n) is 5.18. The molecule has 0 aromatic carbocycles. The van der Waals surface area contributed by atoms with Gasteiger partial charge in [-0.05, 0) is 37.0 Å². The number of ketones is 1. The van der Waals surface area contributed by atoms with Gasteiger partial charge in [-0.25, -0.2) is 0 Å². The quantitative estimate of drug-likeness (QED) is 0.589. The van der Waals surface area contributed by atoms with E-state index in [1.807, 2.05) is 6.92 Å². The Morgan fingerprint density at radius 2 is 1.93 bits per heavy atom. The molecule has 1 atom stereocenters. The van der Waals surface area contributed by atoms with Crippen LogP contribution in [0.25, 0.3) is 0 Å². The molecule has 0 spiro atoms. The van der Waals surface area contributed by atoms with Gasteiger partial charge in [0, 0.05) is 6.42 Å². The summed E-state index contributed by atoms with van der Waals surface area (Å²) in [6, 6.07) is 0. The molecule has 0 radical (unpaired) electrons. The Labute approximate surface area is 86.1 Å². The third-order valence-corrected chi connectivity index (χ3v) is 3.04. The van der Waals surface area contributed by atoms with Crippen molar-refractivity contribution < 1.29 is 4.79 Å². The highest BCUT2D eigenvalue weighted by molar-refractivity contribution is 5.97. The maximum atomic E-state index is 11.7. The second-order valence-corrected chi connectivity index (χ2v) is 5.18. The van der Waals surface area contributed by atoms with Crippen molar-refractivity contribution in [1.29, 1.82) is 0 Å². The Kier molecular flexibility index (Phi) is 2.93. The van der Waals surface area contributed by atoms with Gasteiger partial charge in [0.25, 0.3) is 0 Å². The van der Waals surface area contributed by atoms with Crippen molar-refractivity contribution in [3.05, 3.63) is 11.3 Å². The van der Waals surface area contributed by atoms with E-state index in [1.165, 1.54) is 0 Å². The van der Waals surface area contributed by atoms with Gasteiger partial charge in [0.2, 0.25) is 0 Å². The molecule has 0 aromatic heterocycles. The number of rotatable bonds is 1. The van der Waals surface area contributed by atoms with Gasteiger partial charge in [-0.3, -0.25) is 9.79 Å². The number of Topliss-reactive ketones (excluding diaryl/α,β-unsaturated/α-hetero) is 1. The molecule has 1 rings (SSSR count). The van der Waals surface area contributed by atoms with Crippen LogP contribution in [0.4, 0.5) is 0 Å². The maximum absolute atomic E-state index is 11.7. The standard InChI is InChI=1S/C12H19NO/c1-8-6-9(12(2,3)4)7-10(14)11(8)13-5/h9H,5-7H2,1-4H3. The first kappa shape index (κ1) is 11.2. The van der Waals surface area contributed by atoms with Crippen molar-refractivity contribution in [1.82, 2.24) is 0 Å². The lowest BCUT2D eigenvalue weighted by Gasteiger charge is -2.33. The molecule has 0 heterocycles. The van der Waals surface area contributed by atoms with Crippen molar-refractivity contribution in [2.24, 2.45) is 16.3 Å². The average molecular weight is 193 g/mol. The molecule has 1 aliphatic carbocycles. The average Bonchev–Trinajstić information content (AvgIpc) is 2.01. The van der Waals surface area contributed by atoms with E-state index >= 15 is 0 Å². The number of allylic oxidation sites excluding steroid dienone is 2. The molecular weight excluding hydrogens is 174 g/mol. The molecule has 1 aliphatic rings. The SMILES string of the molecule is C=NC1=C(C)CC(C(C)(C)C)CC1=O. The molecule has 0 N–H and O–H groups in total. The van der Waals surface area contributed by atoms with E-state index in [0.717, 1.165) is 12.0 Å². The summed E-state index contributed by atoms with van der Waals surface area (Å²) in [6.45, 7) is 12.0. The van der Waals surface area contributed by atoms with Gasteiger partial charge in [0.1, 0.15) is 5.70 Å². The van der Waals surface area contributed by atoms with E-state index in [-0.39, 0.29) is 11.2 Å².